The summed E-state index contributed by atoms with van der Waals surface area (Å²) in [7, 11) is -3.14. The first-order valence-electron chi connectivity index (χ1n) is 6.13. The quantitative estimate of drug-likeness (QED) is 0.912. The molecule has 0 bridgehead atoms. The first-order chi connectivity index (χ1) is 8.45. The minimum absolute atomic E-state index is 0.259. The SMILES string of the molecule is CC1CC(Nc2cccc(S(C)(=O)=O)c2)CCO1. The maximum atomic E-state index is 11.5. The Morgan fingerprint density at radius 2 is 2.17 bits per heavy atom. The Bertz CT molecular complexity index is 513. The first kappa shape index (κ1) is 13.4. The Hall–Kier alpha value is -1.07. The monoisotopic (exact) mass is 269 g/mol. The van der Waals surface area contributed by atoms with Crippen molar-refractivity contribution in [2.24, 2.45) is 0 Å². The van der Waals surface area contributed by atoms with E-state index in [1.54, 1.807) is 18.2 Å². The molecular weight excluding hydrogens is 250 g/mol. The number of benzene rings is 1. The van der Waals surface area contributed by atoms with Crippen LogP contribution in [0.4, 0.5) is 5.69 Å². The Balaban J connectivity index is 2.10. The zero-order chi connectivity index (χ0) is 13.2. The Morgan fingerprint density at radius 3 is 2.83 bits per heavy atom. The van der Waals surface area contributed by atoms with Gasteiger partial charge in [0.1, 0.15) is 0 Å². The molecule has 0 aromatic heterocycles. The van der Waals surface area contributed by atoms with Crippen LogP contribution in [0, 0.1) is 0 Å². The van der Waals surface area contributed by atoms with Crippen molar-refractivity contribution in [3.63, 3.8) is 0 Å². The second-order valence-corrected chi connectivity index (χ2v) is 6.86. The highest BCUT2D eigenvalue weighted by molar-refractivity contribution is 7.90. The summed E-state index contributed by atoms with van der Waals surface area (Å²) in [4.78, 5) is 0.354. The van der Waals surface area contributed by atoms with Gasteiger partial charge in [-0.15, -0.1) is 0 Å². The van der Waals surface area contributed by atoms with Gasteiger partial charge in [-0.25, -0.2) is 8.42 Å². The summed E-state index contributed by atoms with van der Waals surface area (Å²) >= 11 is 0. The molecule has 1 aromatic carbocycles. The number of sulfone groups is 1. The molecular formula is C13H19NO3S. The lowest BCUT2D eigenvalue weighted by Gasteiger charge is -2.28. The van der Waals surface area contributed by atoms with Crippen molar-refractivity contribution in [1.29, 1.82) is 0 Å². The van der Waals surface area contributed by atoms with Gasteiger partial charge in [-0.3, -0.25) is 0 Å². The van der Waals surface area contributed by atoms with Crippen LogP contribution in [0.1, 0.15) is 19.8 Å². The maximum absolute atomic E-state index is 11.5. The normalized spacial score (nSPS) is 24.8. The summed E-state index contributed by atoms with van der Waals surface area (Å²) in [6.07, 6.45) is 3.38. The molecule has 1 saturated heterocycles. The van der Waals surface area contributed by atoms with Crippen LogP contribution in [-0.4, -0.2) is 33.4 Å². The zero-order valence-electron chi connectivity index (χ0n) is 10.7. The highest BCUT2D eigenvalue weighted by atomic mass is 32.2. The molecule has 2 rings (SSSR count). The summed E-state index contributed by atoms with van der Waals surface area (Å²) in [6, 6.07) is 7.32. The van der Waals surface area contributed by atoms with Crippen LogP contribution in [0.3, 0.4) is 0 Å². The van der Waals surface area contributed by atoms with E-state index in [9.17, 15) is 8.42 Å². The topological polar surface area (TPSA) is 55.4 Å². The van der Waals surface area contributed by atoms with Crippen LogP contribution >= 0.6 is 0 Å². The molecule has 2 unspecified atom stereocenters. The van der Waals surface area contributed by atoms with E-state index in [4.69, 9.17) is 4.74 Å². The van der Waals surface area contributed by atoms with Crippen LogP contribution in [-0.2, 0) is 14.6 Å². The number of anilines is 1. The molecule has 18 heavy (non-hydrogen) atoms. The maximum Gasteiger partial charge on any atom is 0.175 e. The van der Waals surface area contributed by atoms with Crippen molar-refractivity contribution in [2.75, 3.05) is 18.2 Å². The van der Waals surface area contributed by atoms with Gasteiger partial charge in [0.05, 0.1) is 11.0 Å². The molecule has 1 aliphatic heterocycles. The van der Waals surface area contributed by atoms with Crippen molar-refractivity contribution >= 4 is 15.5 Å². The summed E-state index contributed by atoms with van der Waals surface area (Å²) < 4.78 is 28.5. The summed E-state index contributed by atoms with van der Waals surface area (Å²) in [5.41, 5.74) is 0.858. The summed E-state index contributed by atoms with van der Waals surface area (Å²) in [5, 5.41) is 3.38. The van der Waals surface area contributed by atoms with Crippen molar-refractivity contribution in [3.05, 3.63) is 24.3 Å². The average Bonchev–Trinajstić information content (AvgIpc) is 2.28. The molecule has 1 fully saturated rings. The molecule has 1 heterocycles. The third kappa shape index (κ3) is 3.46. The number of hydrogen-bond acceptors (Lipinski definition) is 4. The molecule has 5 heteroatoms. The van der Waals surface area contributed by atoms with Crippen LogP contribution < -0.4 is 5.32 Å². The van der Waals surface area contributed by atoms with Gasteiger partial charge >= 0.3 is 0 Å². The van der Waals surface area contributed by atoms with Crippen molar-refractivity contribution in [1.82, 2.24) is 0 Å². The van der Waals surface area contributed by atoms with E-state index in [1.165, 1.54) is 6.26 Å². The fraction of sp³-hybridized carbons (Fsp3) is 0.538. The third-order valence-corrected chi connectivity index (χ3v) is 4.23. The highest BCUT2D eigenvalue weighted by Crippen LogP contribution is 2.20. The molecule has 1 aliphatic rings. The largest absolute Gasteiger partial charge is 0.382 e. The number of ether oxygens (including phenoxy) is 1. The van der Waals surface area contributed by atoms with Crippen molar-refractivity contribution in [3.8, 4) is 0 Å². The molecule has 100 valence electrons. The van der Waals surface area contributed by atoms with E-state index in [2.05, 4.69) is 12.2 Å². The predicted octanol–water partition coefficient (Wildman–Crippen LogP) is 2.07. The molecule has 0 amide bonds. The van der Waals surface area contributed by atoms with Gasteiger partial charge in [-0.2, -0.15) is 0 Å². The smallest absolute Gasteiger partial charge is 0.175 e. The van der Waals surface area contributed by atoms with Crippen molar-refractivity contribution < 1.29 is 13.2 Å². The van der Waals surface area contributed by atoms with E-state index >= 15 is 0 Å². The van der Waals surface area contributed by atoms with Crippen LogP contribution in [0.15, 0.2) is 29.2 Å². The molecule has 1 aromatic rings. The van der Waals surface area contributed by atoms with Gasteiger partial charge in [0.25, 0.3) is 0 Å². The van der Waals surface area contributed by atoms with Crippen LogP contribution in [0.5, 0.6) is 0 Å². The van der Waals surface area contributed by atoms with Gasteiger partial charge < -0.3 is 10.1 Å². The van der Waals surface area contributed by atoms with E-state index in [1.807, 2.05) is 6.07 Å². The minimum Gasteiger partial charge on any atom is -0.382 e. The second kappa shape index (κ2) is 5.28. The van der Waals surface area contributed by atoms with Crippen LogP contribution in [0.25, 0.3) is 0 Å². The molecule has 0 aliphatic carbocycles. The second-order valence-electron chi connectivity index (χ2n) is 4.85. The third-order valence-electron chi connectivity index (χ3n) is 3.12. The van der Waals surface area contributed by atoms with Gasteiger partial charge in [-0.05, 0) is 38.0 Å². The van der Waals surface area contributed by atoms with Gasteiger partial charge in [0.15, 0.2) is 9.84 Å². The molecule has 0 saturated carbocycles. The van der Waals surface area contributed by atoms with Gasteiger partial charge in [-0.1, -0.05) is 6.07 Å². The van der Waals surface area contributed by atoms with Gasteiger partial charge in [0, 0.05) is 24.6 Å². The number of nitrogens with one attached hydrogen (secondary N) is 1. The number of rotatable bonds is 3. The minimum atomic E-state index is -3.14. The van der Waals surface area contributed by atoms with E-state index in [0.29, 0.717) is 10.9 Å². The Labute approximate surface area is 108 Å². The van der Waals surface area contributed by atoms with Gasteiger partial charge in [0.2, 0.25) is 0 Å². The molecule has 0 radical (unpaired) electrons. The lowest BCUT2D eigenvalue weighted by molar-refractivity contribution is 0.0232. The number of hydrogen-bond donors (Lipinski definition) is 1. The molecule has 2 atom stereocenters. The van der Waals surface area contributed by atoms with Crippen molar-refractivity contribution in [2.45, 2.75) is 36.8 Å². The Morgan fingerprint density at radius 1 is 1.39 bits per heavy atom. The lowest BCUT2D eigenvalue weighted by Crippen LogP contribution is -2.32. The standard InChI is InChI=1S/C13H19NO3S/c1-10-8-12(6-7-17-10)14-11-4-3-5-13(9-11)18(2,15)16/h3-5,9-10,12,14H,6-8H2,1-2H3. The molecule has 0 spiro atoms. The van der Waals surface area contributed by atoms with E-state index < -0.39 is 9.84 Å². The summed E-state index contributed by atoms with van der Waals surface area (Å²) in [5.74, 6) is 0. The van der Waals surface area contributed by atoms with E-state index in [0.717, 1.165) is 25.1 Å². The average molecular weight is 269 g/mol. The molecule has 1 N–H and O–H groups in total. The summed E-state index contributed by atoms with van der Waals surface area (Å²) in [6.45, 7) is 2.81. The highest BCUT2D eigenvalue weighted by Gasteiger charge is 2.19. The fourth-order valence-electron chi connectivity index (χ4n) is 2.18. The van der Waals surface area contributed by atoms with E-state index in [-0.39, 0.29) is 6.10 Å². The fourth-order valence-corrected chi connectivity index (χ4v) is 2.85. The Kier molecular flexibility index (Phi) is 3.92. The first-order valence-corrected chi connectivity index (χ1v) is 8.02. The predicted molar refractivity (Wildman–Crippen MR) is 71.6 cm³/mol. The van der Waals surface area contributed by atoms with Crippen LogP contribution in [0.2, 0.25) is 0 Å². The zero-order valence-corrected chi connectivity index (χ0v) is 11.5. The lowest BCUT2D eigenvalue weighted by atomic mass is 10.0. The molecule has 4 nitrogen and oxygen atoms in total.